The quantitative estimate of drug-likeness (QED) is 0.280. The first-order valence-corrected chi connectivity index (χ1v) is 2.46. The molecule has 0 aliphatic heterocycles. The van der Waals surface area contributed by atoms with Gasteiger partial charge in [0.05, 0.1) is 28.2 Å². The van der Waals surface area contributed by atoms with Crippen molar-refractivity contribution in [2.75, 3.05) is 28.2 Å². The summed E-state index contributed by atoms with van der Waals surface area (Å²) >= 11 is 0. The van der Waals surface area contributed by atoms with Crippen molar-refractivity contribution >= 4 is 22.5 Å². The molecule has 0 unspecified atom stereocenters. The average molecular weight is 107 g/mol. The van der Waals surface area contributed by atoms with Crippen LogP contribution in [0.1, 0.15) is 0 Å². The second-order valence-corrected chi connectivity index (χ2v) is 2.88. The summed E-state index contributed by atoms with van der Waals surface area (Å²) in [6.07, 6.45) is 0. The summed E-state index contributed by atoms with van der Waals surface area (Å²) in [5.41, 5.74) is 0. The summed E-state index contributed by atoms with van der Waals surface area (Å²) in [5, 5.41) is 0. The van der Waals surface area contributed by atoms with E-state index in [0.29, 0.717) is 0 Å². The summed E-state index contributed by atoms with van der Waals surface area (Å²) in [7, 11) is 18.5. The lowest BCUT2D eigenvalue weighted by Crippen LogP contribution is -2.27. The monoisotopic (exact) mass is 107 g/mol. The Morgan fingerprint density at radius 1 is 1.00 bits per heavy atom. The normalized spacial score (nSPS) is 9.50. The molecule has 0 saturated carbocycles. The lowest BCUT2D eigenvalue weighted by atomic mass is 9.40. The van der Waals surface area contributed by atoms with Gasteiger partial charge in [-0.05, 0) is 0 Å². The minimum atomic E-state index is 1.00. The zero-order chi connectivity index (χ0) is 7.21. The first kappa shape index (κ1) is 11.0. The van der Waals surface area contributed by atoms with Crippen LogP contribution in [0.2, 0.25) is 0 Å². The third kappa shape index (κ3) is 6820. The van der Waals surface area contributed by atoms with Crippen molar-refractivity contribution in [2.24, 2.45) is 0 Å². The average Bonchev–Trinajstić information content (AvgIpc) is 1.27. The number of nitrogens with zero attached hydrogens (tertiary/aromatic N) is 1. The maximum Gasteiger partial charge on any atom is 0.0675 e. The smallest absolute Gasteiger partial charge is 0.0675 e. The van der Waals surface area contributed by atoms with Crippen molar-refractivity contribution in [3.63, 3.8) is 0 Å². The van der Waals surface area contributed by atoms with Crippen molar-refractivity contribution in [2.45, 2.75) is 0 Å². The first-order valence-electron chi connectivity index (χ1n) is 2.46. The van der Waals surface area contributed by atoms with Crippen LogP contribution >= 0.6 is 0 Å². The van der Waals surface area contributed by atoms with Crippen molar-refractivity contribution in [1.29, 1.82) is 0 Å². The molecule has 0 rings (SSSR count). The lowest BCUT2D eigenvalue weighted by molar-refractivity contribution is -0.849. The van der Waals surface area contributed by atoms with Crippen LogP contribution < -0.4 is 0 Å². The topological polar surface area (TPSA) is 0 Å². The van der Waals surface area contributed by atoms with Gasteiger partial charge in [0.15, 0.2) is 0 Å². The molecule has 42 valence electrons. The molecule has 6 radical (unpaired) electrons. The minimum Gasteiger partial charge on any atom is -0.452 e. The standard InChI is InChI=1S/C4H12N.B3/c1-5(2,3)4;1-3-2/h1-4H3;/q+1;-1. The SMILES string of the molecule is C[N+](C)(C)C.[B][B-][B]. The predicted molar refractivity (Wildman–Crippen MR) is 41.2 cm³/mol. The third-order valence-electron chi connectivity index (χ3n) is 0. The van der Waals surface area contributed by atoms with Crippen molar-refractivity contribution in [3.8, 4) is 0 Å². The molecule has 0 atom stereocenters. The number of hydrogen-bond acceptors (Lipinski definition) is 0. The van der Waals surface area contributed by atoms with Gasteiger partial charge >= 0.3 is 0 Å². The van der Waals surface area contributed by atoms with Crippen LogP contribution in [-0.2, 0) is 0 Å². The molecule has 0 spiro atoms. The molecular weight excluding hydrogens is 94.5 g/mol. The van der Waals surface area contributed by atoms with Gasteiger partial charge in [0.2, 0.25) is 0 Å². The third-order valence-corrected chi connectivity index (χ3v) is 0. The summed E-state index contributed by atoms with van der Waals surface area (Å²) in [6.45, 7) is 0. The fourth-order valence-corrected chi connectivity index (χ4v) is 0. The molecule has 0 aliphatic rings. The van der Waals surface area contributed by atoms with E-state index in [4.69, 9.17) is 0 Å². The van der Waals surface area contributed by atoms with Crippen LogP contribution in [-0.4, -0.2) is 55.2 Å². The van der Waals surface area contributed by atoms with E-state index in [1.165, 1.54) is 0 Å². The molecule has 0 aliphatic carbocycles. The molecule has 0 amide bonds. The van der Waals surface area contributed by atoms with Crippen LogP contribution in [0.5, 0.6) is 0 Å². The maximum atomic E-state index is 4.50. The van der Waals surface area contributed by atoms with Gasteiger partial charge in [0.1, 0.15) is 0 Å². The Morgan fingerprint density at radius 3 is 1.00 bits per heavy atom. The fourth-order valence-electron chi connectivity index (χ4n) is 0. The van der Waals surface area contributed by atoms with Crippen LogP contribution in [0, 0.1) is 0 Å². The fraction of sp³-hybridized carbons (Fsp3) is 1.00. The van der Waals surface area contributed by atoms with Gasteiger partial charge in [-0.3, -0.25) is 15.5 Å². The summed E-state index contributed by atoms with van der Waals surface area (Å²) in [4.78, 5) is 0. The predicted octanol–water partition coefficient (Wildman–Crippen LogP) is -0.820. The molecule has 0 bridgehead atoms. The highest BCUT2D eigenvalue weighted by Gasteiger charge is 1.88. The Hall–Kier alpha value is 0.155. The molecule has 0 N–H and O–H groups in total. The first-order chi connectivity index (χ1) is 3.41. The molecule has 0 fully saturated rings. The van der Waals surface area contributed by atoms with Crippen molar-refractivity contribution < 1.29 is 4.48 Å². The summed E-state index contributed by atoms with van der Waals surface area (Å²) < 4.78 is 1.00. The highest BCUT2D eigenvalue weighted by Crippen LogP contribution is 1.73. The van der Waals surface area contributed by atoms with E-state index in [1.807, 2.05) is 0 Å². The number of quaternary nitrogens is 1. The van der Waals surface area contributed by atoms with Gasteiger partial charge in [-0.1, -0.05) is 0 Å². The van der Waals surface area contributed by atoms with Gasteiger partial charge in [0, 0.05) is 0 Å². The molecule has 0 heterocycles. The largest absolute Gasteiger partial charge is 0.452 e. The second-order valence-electron chi connectivity index (χ2n) is 2.88. The molecular formula is C4H12B3N. The lowest BCUT2D eigenvalue weighted by Gasteiger charge is -2.14. The van der Waals surface area contributed by atoms with Gasteiger partial charge in [0.25, 0.3) is 0 Å². The second kappa shape index (κ2) is 5.29. The zero-order valence-corrected chi connectivity index (χ0v) is 6.18. The molecule has 0 aromatic heterocycles. The van der Waals surface area contributed by atoms with E-state index < -0.39 is 0 Å². The van der Waals surface area contributed by atoms with Crippen molar-refractivity contribution in [3.05, 3.63) is 0 Å². The van der Waals surface area contributed by atoms with Crippen LogP contribution in [0.25, 0.3) is 0 Å². The highest BCUT2D eigenvalue weighted by atomic mass is 15.2. The number of hydrogen-bond donors (Lipinski definition) is 0. The van der Waals surface area contributed by atoms with E-state index in [9.17, 15) is 0 Å². The van der Waals surface area contributed by atoms with E-state index >= 15 is 0 Å². The van der Waals surface area contributed by atoms with Gasteiger partial charge < -0.3 is 11.5 Å². The minimum absolute atomic E-state index is 1.00. The Balaban J connectivity index is 0. The summed E-state index contributed by atoms with van der Waals surface area (Å²) in [5.74, 6) is 0. The van der Waals surface area contributed by atoms with E-state index in [1.54, 1.807) is 0 Å². The van der Waals surface area contributed by atoms with Gasteiger partial charge in [-0.25, -0.2) is 0 Å². The van der Waals surface area contributed by atoms with E-state index in [2.05, 4.69) is 43.7 Å². The molecule has 4 heteroatoms. The Labute approximate surface area is 56.1 Å². The Morgan fingerprint density at radius 2 is 1.00 bits per heavy atom. The molecule has 0 aromatic rings. The van der Waals surface area contributed by atoms with Crippen molar-refractivity contribution in [1.82, 2.24) is 0 Å². The van der Waals surface area contributed by atoms with Crippen LogP contribution in [0.4, 0.5) is 0 Å². The molecule has 8 heavy (non-hydrogen) atoms. The van der Waals surface area contributed by atoms with Gasteiger partial charge in [-0.15, -0.1) is 0 Å². The zero-order valence-electron chi connectivity index (χ0n) is 6.18. The molecule has 1 nitrogen and oxygen atoms in total. The highest BCUT2D eigenvalue weighted by molar-refractivity contribution is 7.17. The summed E-state index contributed by atoms with van der Waals surface area (Å²) in [6, 6.07) is 0. The number of rotatable bonds is 0. The maximum absolute atomic E-state index is 4.50. The van der Waals surface area contributed by atoms with Gasteiger partial charge in [-0.2, -0.15) is 0 Å². The Kier molecular flexibility index (Phi) is 7.29. The van der Waals surface area contributed by atoms with E-state index in [-0.39, 0.29) is 0 Å². The van der Waals surface area contributed by atoms with Crippen LogP contribution in [0.3, 0.4) is 0 Å². The van der Waals surface area contributed by atoms with Crippen LogP contribution in [0.15, 0.2) is 0 Å². The molecule has 0 aromatic carbocycles. The molecule has 0 saturated heterocycles. The van der Waals surface area contributed by atoms with E-state index in [0.717, 1.165) is 11.5 Å². The Bertz CT molecular complexity index is 35.0.